The molecule has 4 rings (SSSR count). The summed E-state index contributed by atoms with van der Waals surface area (Å²) < 4.78 is 7.63. The molecule has 0 atom stereocenters. The number of likely N-dealkylation sites (tertiary alicyclic amines) is 1. The van der Waals surface area contributed by atoms with E-state index in [-0.39, 0.29) is 11.8 Å². The fourth-order valence-electron chi connectivity index (χ4n) is 3.95. The average molecular weight is 350 g/mol. The van der Waals surface area contributed by atoms with Crippen molar-refractivity contribution in [3.8, 4) is 0 Å². The molecule has 0 saturated carbocycles. The van der Waals surface area contributed by atoms with Crippen molar-refractivity contribution >= 4 is 17.7 Å². The molecule has 3 aliphatic rings. The molecule has 0 unspecified atom stereocenters. The van der Waals surface area contributed by atoms with E-state index in [0.29, 0.717) is 12.6 Å². The molecule has 3 aliphatic heterocycles. The van der Waals surface area contributed by atoms with Crippen LogP contribution in [0.25, 0.3) is 0 Å². The largest absolute Gasteiger partial charge is 0.381 e. The number of hydrogen-bond acceptors (Lipinski definition) is 5. The maximum atomic E-state index is 12.4. The average Bonchev–Trinajstić information content (AvgIpc) is 3.22. The number of nitrogens with one attached hydrogen (secondary N) is 1. The molecule has 1 N–H and O–H groups in total. The third kappa shape index (κ3) is 3.63. The number of carbonyl (C=O) groups excluding carboxylic acids is 1. The van der Waals surface area contributed by atoms with Crippen LogP contribution in [0, 0.1) is 5.92 Å². The molecule has 0 radical (unpaired) electrons. The van der Waals surface area contributed by atoms with Crippen LogP contribution < -0.4 is 5.32 Å². The maximum Gasteiger partial charge on any atom is 0.223 e. The van der Waals surface area contributed by atoms with Crippen molar-refractivity contribution in [2.75, 3.05) is 32.1 Å². The van der Waals surface area contributed by atoms with Gasteiger partial charge in [-0.25, -0.2) is 4.98 Å². The molecule has 1 aromatic rings. The van der Waals surface area contributed by atoms with Crippen molar-refractivity contribution < 1.29 is 9.53 Å². The number of ether oxygens (including phenoxy) is 1. The fourth-order valence-corrected chi connectivity index (χ4v) is 4.91. The van der Waals surface area contributed by atoms with Gasteiger partial charge in [0.15, 0.2) is 5.16 Å². The lowest BCUT2D eigenvalue weighted by molar-refractivity contribution is -0.127. The van der Waals surface area contributed by atoms with Gasteiger partial charge in [-0.1, -0.05) is 11.8 Å². The minimum absolute atomic E-state index is 0.157. The Kier molecular flexibility index (Phi) is 5.10. The third-order valence-corrected chi connectivity index (χ3v) is 6.38. The highest BCUT2D eigenvalue weighted by Gasteiger charge is 2.29. The van der Waals surface area contributed by atoms with Gasteiger partial charge >= 0.3 is 0 Å². The summed E-state index contributed by atoms with van der Waals surface area (Å²) >= 11 is 1.79. The predicted octanol–water partition coefficient (Wildman–Crippen LogP) is 1.50. The molecule has 1 amide bonds. The summed E-state index contributed by atoms with van der Waals surface area (Å²) in [4.78, 5) is 19.6. The molecule has 24 heavy (non-hydrogen) atoms. The number of rotatable bonds is 4. The molecule has 4 heterocycles. The normalized spacial score (nSPS) is 23.3. The highest BCUT2D eigenvalue weighted by Crippen LogP contribution is 2.25. The van der Waals surface area contributed by atoms with Gasteiger partial charge in [-0.05, 0) is 38.8 Å². The monoisotopic (exact) mass is 350 g/mol. The number of aromatic nitrogens is 2. The maximum absolute atomic E-state index is 12.4. The highest BCUT2D eigenvalue weighted by molar-refractivity contribution is 7.99. The van der Waals surface area contributed by atoms with E-state index in [9.17, 15) is 4.79 Å². The third-order valence-electron chi connectivity index (χ3n) is 5.40. The number of amides is 1. The van der Waals surface area contributed by atoms with Crippen molar-refractivity contribution in [2.45, 2.75) is 50.0 Å². The molecule has 132 valence electrons. The van der Waals surface area contributed by atoms with Gasteiger partial charge in [-0.15, -0.1) is 0 Å². The molecular formula is C17H26N4O2S. The van der Waals surface area contributed by atoms with Crippen LogP contribution in [0.15, 0.2) is 11.4 Å². The summed E-state index contributed by atoms with van der Waals surface area (Å²) in [6, 6.07) is 0.660. The Hall–Kier alpha value is -1.05. The van der Waals surface area contributed by atoms with Crippen LogP contribution in [0.3, 0.4) is 0 Å². The van der Waals surface area contributed by atoms with E-state index >= 15 is 0 Å². The Labute approximate surface area is 147 Å². The number of thioether (sulfide) groups is 1. The van der Waals surface area contributed by atoms with E-state index in [4.69, 9.17) is 4.74 Å². The van der Waals surface area contributed by atoms with Crippen LogP contribution in [-0.2, 0) is 22.6 Å². The fraction of sp³-hybridized carbons (Fsp3) is 0.765. The van der Waals surface area contributed by atoms with Crippen molar-refractivity contribution in [3.63, 3.8) is 0 Å². The Morgan fingerprint density at radius 1 is 1.25 bits per heavy atom. The second kappa shape index (κ2) is 7.45. The summed E-state index contributed by atoms with van der Waals surface area (Å²) in [5, 5.41) is 4.18. The van der Waals surface area contributed by atoms with Gasteiger partial charge < -0.3 is 19.5 Å². The topological polar surface area (TPSA) is 59.4 Å². The van der Waals surface area contributed by atoms with Gasteiger partial charge in [0.2, 0.25) is 5.91 Å². The first-order valence-corrected chi connectivity index (χ1v) is 10.1. The van der Waals surface area contributed by atoms with E-state index in [1.54, 1.807) is 11.8 Å². The minimum atomic E-state index is 0.157. The summed E-state index contributed by atoms with van der Waals surface area (Å²) in [5.41, 5.74) is 0.977. The van der Waals surface area contributed by atoms with E-state index in [0.717, 1.165) is 75.1 Å². The molecule has 0 spiro atoms. The first kappa shape index (κ1) is 16.4. The number of hydrogen-bond donors (Lipinski definition) is 1. The summed E-state index contributed by atoms with van der Waals surface area (Å²) in [7, 11) is 0. The number of piperidine rings is 1. The summed E-state index contributed by atoms with van der Waals surface area (Å²) in [5.74, 6) is 1.47. The molecule has 2 fully saturated rings. The van der Waals surface area contributed by atoms with Crippen molar-refractivity contribution in [1.29, 1.82) is 0 Å². The first-order valence-electron chi connectivity index (χ1n) is 9.08. The highest BCUT2D eigenvalue weighted by atomic mass is 32.2. The van der Waals surface area contributed by atoms with Gasteiger partial charge in [-0.2, -0.15) is 0 Å². The molecular weight excluding hydrogens is 324 g/mol. The zero-order chi connectivity index (χ0) is 16.4. The zero-order valence-electron chi connectivity index (χ0n) is 14.1. The van der Waals surface area contributed by atoms with Gasteiger partial charge in [0.25, 0.3) is 0 Å². The molecule has 0 bridgehead atoms. The lowest BCUT2D eigenvalue weighted by Crippen LogP contribution is -2.46. The quantitative estimate of drug-likeness (QED) is 0.892. The van der Waals surface area contributed by atoms with Gasteiger partial charge in [0.05, 0.1) is 12.2 Å². The van der Waals surface area contributed by atoms with Crippen molar-refractivity contribution in [3.05, 3.63) is 11.9 Å². The predicted molar refractivity (Wildman–Crippen MR) is 92.9 cm³/mol. The molecule has 2 saturated heterocycles. The zero-order valence-corrected chi connectivity index (χ0v) is 14.9. The minimum Gasteiger partial charge on any atom is -0.381 e. The van der Waals surface area contributed by atoms with E-state index < -0.39 is 0 Å². The summed E-state index contributed by atoms with van der Waals surface area (Å²) in [6.45, 7) is 5.44. The molecule has 0 aliphatic carbocycles. The van der Waals surface area contributed by atoms with Gasteiger partial charge in [-0.3, -0.25) is 4.79 Å². The van der Waals surface area contributed by atoms with Crippen LogP contribution in [0.5, 0.6) is 0 Å². The van der Waals surface area contributed by atoms with Crippen LogP contribution in [0.4, 0.5) is 0 Å². The number of carbonyl (C=O) groups is 1. The molecule has 0 aromatic carbocycles. The first-order chi connectivity index (χ1) is 11.8. The van der Waals surface area contributed by atoms with Crippen LogP contribution >= 0.6 is 11.8 Å². The van der Waals surface area contributed by atoms with Crippen molar-refractivity contribution in [2.24, 2.45) is 5.92 Å². The number of aryl methyl sites for hydroxylation is 1. The number of nitrogens with zero attached hydrogens (tertiary/aromatic N) is 3. The second-order valence-corrected chi connectivity index (χ2v) is 7.99. The molecule has 6 nitrogen and oxygen atoms in total. The Morgan fingerprint density at radius 2 is 2.04 bits per heavy atom. The molecule has 1 aromatic heterocycles. The SMILES string of the molecule is O=C(NCc1cn2c(n1)SCC2)C1CCN(C2CCOCC2)CC1. The standard InChI is InChI=1S/C17H26N4O2S/c22-16(18-11-14-12-21-7-10-24-17(21)19-14)13-1-5-20(6-2-13)15-3-8-23-9-4-15/h12-13,15H,1-11H2,(H,18,22). The lowest BCUT2D eigenvalue weighted by Gasteiger charge is -2.38. The Bertz CT molecular complexity index is 556. The van der Waals surface area contributed by atoms with E-state index in [2.05, 4.69) is 26.0 Å². The van der Waals surface area contributed by atoms with Crippen LogP contribution in [-0.4, -0.2) is 58.5 Å². The van der Waals surface area contributed by atoms with Gasteiger partial charge in [0, 0.05) is 43.7 Å². The second-order valence-electron chi connectivity index (χ2n) is 6.93. The lowest BCUT2D eigenvalue weighted by atomic mass is 9.93. The Morgan fingerprint density at radius 3 is 2.79 bits per heavy atom. The van der Waals surface area contributed by atoms with Crippen LogP contribution in [0.1, 0.15) is 31.4 Å². The Balaban J connectivity index is 1.22. The summed E-state index contributed by atoms with van der Waals surface area (Å²) in [6.07, 6.45) is 6.29. The van der Waals surface area contributed by atoms with Crippen molar-refractivity contribution in [1.82, 2.24) is 19.8 Å². The number of imidazole rings is 1. The van der Waals surface area contributed by atoms with Gasteiger partial charge in [0.1, 0.15) is 0 Å². The number of fused-ring (bicyclic) bond motifs is 1. The van der Waals surface area contributed by atoms with Crippen LogP contribution in [0.2, 0.25) is 0 Å². The smallest absolute Gasteiger partial charge is 0.223 e. The molecule has 7 heteroatoms. The van der Waals surface area contributed by atoms with E-state index in [1.807, 2.05) is 0 Å². The van der Waals surface area contributed by atoms with E-state index in [1.165, 1.54) is 0 Å².